The van der Waals surface area contributed by atoms with Gasteiger partial charge in [-0.3, -0.25) is 4.79 Å². The lowest BCUT2D eigenvalue weighted by Gasteiger charge is -1.87. The molecule has 0 saturated carbocycles. The molecule has 0 radical (unpaired) electrons. The van der Waals surface area contributed by atoms with Crippen molar-refractivity contribution in [3.63, 3.8) is 0 Å². The fourth-order valence-corrected chi connectivity index (χ4v) is 0.713. The molecule has 3 N–H and O–H groups in total. The van der Waals surface area contributed by atoms with Gasteiger partial charge >= 0.3 is 8.03 Å². The van der Waals surface area contributed by atoms with E-state index in [4.69, 9.17) is 10.6 Å². The van der Waals surface area contributed by atoms with Crippen LogP contribution in [0, 0.1) is 0 Å². The van der Waals surface area contributed by atoms with E-state index in [1.165, 1.54) is 0 Å². The fraction of sp³-hybridized carbons (Fsp3) is 0.250. The molecular weight excluding hydrogens is 141 g/mol. The highest BCUT2D eigenvalue weighted by molar-refractivity contribution is 7.40. The Morgan fingerprint density at radius 1 is 1.89 bits per heavy atom. The monoisotopic (exact) mass is 148 g/mol. The second kappa shape index (κ2) is 3.33. The quantitative estimate of drug-likeness (QED) is 0.428. The van der Waals surface area contributed by atoms with Crippen molar-refractivity contribution in [3.05, 3.63) is 12.7 Å². The third-order valence-electron chi connectivity index (χ3n) is 0.753. The lowest BCUT2D eigenvalue weighted by Crippen LogP contribution is -2.23. The first-order valence-corrected chi connectivity index (χ1v) is 3.45. The SMILES string of the molecule is C=CC(C(N)=O)[P+](=O)O. The average molecular weight is 148 g/mol. The Morgan fingerprint density at radius 3 is 2.33 bits per heavy atom. The van der Waals surface area contributed by atoms with Crippen molar-refractivity contribution in [2.24, 2.45) is 5.73 Å². The second-order valence-corrected chi connectivity index (χ2v) is 2.55. The van der Waals surface area contributed by atoms with E-state index in [0.717, 1.165) is 6.08 Å². The number of amides is 1. The minimum atomic E-state index is -2.55. The molecule has 0 fully saturated rings. The van der Waals surface area contributed by atoms with Crippen LogP contribution < -0.4 is 5.73 Å². The van der Waals surface area contributed by atoms with Crippen LogP contribution in [0.25, 0.3) is 0 Å². The third kappa shape index (κ3) is 2.35. The summed E-state index contributed by atoms with van der Waals surface area (Å²) >= 11 is 0. The van der Waals surface area contributed by atoms with Gasteiger partial charge in [-0.15, -0.1) is 0 Å². The normalized spacial score (nSPS) is 14.1. The van der Waals surface area contributed by atoms with E-state index in [1.54, 1.807) is 0 Å². The van der Waals surface area contributed by atoms with Gasteiger partial charge in [-0.2, -0.15) is 4.89 Å². The van der Waals surface area contributed by atoms with Gasteiger partial charge in [0.15, 0.2) is 0 Å². The molecule has 50 valence electrons. The topological polar surface area (TPSA) is 80.4 Å². The number of carbonyl (C=O) groups excluding carboxylic acids is 1. The maximum absolute atomic E-state index is 10.2. The molecule has 2 atom stereocenters. The molecule has 0 spiro atoms. The molecule has 1 amide bonds. The van der Waals surface area contributed by atoms with Crippen LogP contribution in [0.5, 0.6) is 0 Å². The summed E-state index contributed by atoms with van der Waals surface area (Å²) in [6, 6.07) is 0. The van der Waals surface area contributed by atoms with Crippen molar-refractivity contribution >= 4 is 13.9 Å². The van der Waals surface area contributed by atoms with Gasteiger partial charge in [-0.05, 0) is 10.6 Å². The predicted octanol–water partition coefficient (Wildman–Crippen LogP) is -0.239. The smallest absolute Gasteiger partial charge is 0.365 e. The number of hydrogen-bond acceptors (Lipinski definition) is 2. The first-order chi connectivity index (χ1) is 4.09. The molecule has 5 heteroatoms. The Morgan fingerprint density at radius 2 is 2.33 bits per heavy atom. The minimum absolute atomic E-state index is 0.825. The summed E-state index contributed by atoms with van der Waals surface area (Å²) in [5, 5.41) is 0. The van der Waals surface area contributed by atoms with E-state index in [-0.39, 0.29) is 0 Å². The molecular formula is C4H7NO3P+. The zero-order valence-corrected chi connectivity index (χ0v) is 5.54. The van der Waals surface area contributed by atoms with Crippen LogP contribution >= 0.6 is 8.03 Å². The summed E-state index contributed by atoms with van der Waals surface area (Å²) in [5.74, 6) is -0.825. The first-order valence-electron chi connectivity index (χ1n) is 2.16. The van der Waals surface area contributed by atoms with Crippen LogP contribution in [-0.2, 0) is 9.36 Å². The van der Waals surface area contributed by atoms with Gasteiger partial charge in [-0.25, -0.2) is 0 Å². The van der Waals surface area contributed by atoms with Crippen LogP contribution in [0.1, 0.15) is 0 Å². The number of primary amides is 1. The van der Waals surface area contributed by atoms with Crippen LogP contribution in [0.2, 0.25) is 0 Å². The molecule has 0 aliphatic rings. The van der Waals surface area contributed by atoms with Crippen LogP contribution in [0.4, 0.5) is 0 Å². The van der Waals surface area contributed by atoms with E-state index in [0.29, 0.717) is 0 Å². The molecule has 4 nitrogen and oxygen atoms in total. The Kier molecular flexibility index (Phi) is 3.06. The number of nitrogens with two attached hydrogens (primary N) is 1. The van der Waals surface area contributed by atoms with Gasteiger partial charge < -0.3 is 5.73 Å². The number of rotatable bonds is 3. The summed E-state index contributed by atoms with van der Waals surface area (Å²) in [7, 11) is -2.55. The first kappa shape index (κ1) is 8.27. The summed E-state index contributed by atoms with van der Waals surface area (Å²) in [5.41, 5.74) is 3.58. The molecule has 0 aliphatic heterocycles. The van der Waals surface area contributed by atoms with E-state index in [9.17, 15) is 9.36 Å². The van der Waals surface area contributed by atoms with E-state index in [2.05, 4.69) is 6.58 Å². The highest BCUT2D eigenvalue weighted by atomic mass is 31.1. The van der Waals surface area contributed by atoms with E-state index in [1.807, 2.05) is 0 Å². The maximum Gasteiger partial charge on any atom is 0.523 e. The molecule has 0 heterocycles. The number of hydrogen-bond donors (Lipinski definition) is 2. The molecule has 0 saturated heterocycles. The van der Waals surface area contributed by atoms with E-state index >= 15 is 0 Å². The summed E-state index contributed by atoms with van der Waals surface area (Å²) in [6.45, 7) is 3.16. The van der Waals surface area contributed by atoms with Crippen LogP contribution in [0.15, 0.2) is 12.7 Å². The van der Waals surface area contributed by atoms with Crippen molar-refractivity contribution in [3.8, 4) is 0 Å². The summed E-state index contributed by atoms with van der Waals surface area (Å²) < 4.78 is 10.1. The summed E-state index contributed by atoms with van der Waals surface area (Å²) in [4.78, 5) is 18.5. The van der Waals surface area contributed by atoms with Crippen molar-refractivity contribution in [2.45, 2.75) is 5.66 Å². The van der Waals surface area contributed by atoms with Gasteiger partial charge in [0.25, 0.3) is 11.6 Å². The predicted molar refractivity (Wildman–Crippen MR) is 33.0 cm³/mol. The zero-order chi connectivity index (χ0) is 7.44. The Bertz CT molecular complexity index is 142. The molecule has 0 aromatic heterocycles. The molecule has 0 rings (SSSR count). The van der Waals surface area contributed by atoms with E-state index < -0.39 is 19.6 Å². The standard InChI is InChI=1S/C4H6NO3P/c1-2-3(4(5)6)9(7)8/h2-3H,1H2,(H2-,5,6,7,8)/p+1. The largest absolute Gasteiger partial charge is 0.523 e. The van der Waals surface area contributed by atoms with Gasteiger partial charge in [0.1, 0.15) is 0 Å². The molecule has 0 aromatic rings. The Balaban J connectivity index is 4.16. The molecule has 2 unspecified atom stereocenters. The Labute approximate surface area is 53.2 Å². The van der Waals surface area contributed by atoms with Gasteiger partial charge in [-0.1, -0.05) is 6.58 Å². The highest BCUT2D eigenvalue weighted by Gasteiger charge is 2.31. The van der Waals surface area contributed by atoms with Gasteiger partial charge in [0.2, 0.25) is 0 Å². The maximum atomic E-state index is 10.2. The summed E-state index contributed by atoms with van der Waals surface area (Å²) in [6.07, 6.45) is 1.06. The zero-order valence-electron chi connectivity index (χ0n) is 4.65. The molecule has 9 heavy (non-hydrogen) atoms. The van der Waals surface area contributed by atoms with Crippen molar-refractivity contribution in [1.29, 1.82) is 0 Å². The van der Waals surface area contributed by atoms with Crippen LogP contribution in [0.3, 0.4) is 0 Å². The average Bonchev–Trinajstić information content (AvgIpc) is 1.64. The van der Waals surface area contributed by atoms with Crippen molar-refractivity contribution < 1.29 is 14.3 Å². The van der Waals surface area contributed by atoms with Gasteiger partial charge in [0, 0.05) is 0 Å². The lowest BCUT2D eigenvalue weighted by molar-refractivity contribution is -0.116. The van der Waals surface area contributed by atoms with Gasteiger partial charge in [0.05, 0.1) is 0 Å². The Hall–Kier alpha value is -0.730. The minimum Gasteiger partial charge on any atom is -0.365 e. The molecule has 0 aromatic carbocycles. The number of carbonyl (C=O) groups is 1. The second-order valence-electron chi connectivity index (χ2n) is 1.39. The third-order valence-corrected chi connectivity index (χ3v) is 1.69. The van der Waals surface area contributed by atoms with Crippen LogP contribution in [-0.4, -0.2) is 16.5 Å². The molecule has 0 bridgehead atoms. The fourth-order valence-electron chi connectivity index (χ4n) is 0.315. The van der Waals surface area contributed by atoms with Crippen molar-refractivity contribution in [1.82, 2.24) is 0 Å². The lowest BCUT2D eigenvalue weighted by atomic mass is 10.4. The highest BCUT2D eigenvalue weighted by Crippen LogP contribution is 2.21. The van der Waals surface area contributed by atoms with Crippen molar-refractivity contribution in [2.75, 3.05) is 0 Å². The molecule has 0 aliphatic carbocycles.